The van der Waals surface area contributed by atoms with E-state index in [9.17, 15) is 18.5 Å². The van der Waals surface area contributed by atoms with E-state index >= 15 is 0 Å². The highest BCUT2D eigenvalue weighted by atomic mass is 32.2. The van der Waals surface area contributed by atoms with E-state index in [4.69, 9.17) is 0 Å². The lowest BCUT2D eigenvalue weighted by Gasteiger charge is -2.33. The van der Waals surface area contributed by atoms with Crippen LogP contribution in [0.5, 0.6) is 0 Å². The molecule has 1 aliphatic heterocycles. The van der Waals surface area contributed by atoms with Crippen LogP contribution in [0, 0.1) is 10.1 Å². The Morgan fingerprint density at radius 2 is 1.90 bits per heavy atom. The zero-order chi connectivity index (χ0) is 14.8. The van der Waals surface area contributed by atoms with Crippen LogP contribution < -0.4 is 9.62 Å². The first-order valence-electron chi connectivity index (χ1n) is 6.32. The minimum Gasteiger partial charge on any atom is -0.366 e. The van der Waals surface area contributed by atoms with E-state index in [0.717, 1.165) is 6.26 Å². The second kappa shape index (κ2) is 5.76. The van der Waals surface area contributed by atoms with Gasteiger partial charge in [0.05, 0.1) is 11.2 Å². The number of para-hydroxylation sites is 2. The maximum atomic E-state index is 11.2. The molecular weight excluding hydrogens is 282 g/mol. The van der Waals surface area contributed by atoms with Gasteiger partial charge in [-0.15, -0.1) is 0 Å². The third kappa shape index (κ3) is 3.67. The Labute approximate surface area is 117 Å². The fraction of sp³-hybridized carbons (Fsp3) is 0.500. The number of anilines is 1. The van der Waals surface area contributed by atoms with Crippen molar-refractivity contribution in [3.05, 3.63) is 34.4 Å². The van der Waals surface area contributed by atoms with Gasteiger partial charge < -0.3 is 4.90 Å². The third-order valence-electron chi connectivity index (χ3n) is 3.29. The average molecular weight is 299 g/mol. The van der Waals surface area contributed by atoms with Gasteiger partial charge in [0.25, 0.3) is 5.69 Å². The van der Waals surface area contributed by atoms with Crippen LogP contribution in [0.4, 0.5) is 11.4 Å². The molecule has 1 fully saturated rings. The first-order chi connectivity index (χ1) is 9.37. The van der Waals surface area contributed by atoms with Crippen molar-refractivity contribution in [3.8, 4) is 0 Å². The molecule has 0 aliphatic carbocycles. The number of nitro benzene ring substituents is 1. The van der Waals surface area contributed by atoms with Gasteiger partial charge in [0.1, 0.15) is 5.69 Å². The molecule has 1 aromatic rings. The number of nitrogens with zero attached hydrogens (tertiary/aromatic N) is 2. The summed E-state index contributed by atoms with van der Waals surface area (Å²) in [5, 5.41) is 11.0. The molecule has 0 amide bonds. The maximum Gasteiger partial charge on any atom is 0.292 e. The predicted octanol–water partition coefficient (Wildman–Crippen LogP) is 1.11. The van der Waals surface area contributed by atoms with E-state index in [1.165, 1.54) is 6.07 Å². The van der Waals surface area contributed by atoms with E-state index < -0.39 is 14.9 Å². The fourth-order valence-corrected chi connectivity index (χ4v) is 3.27. The largest absolute Gasteiger partial charge is 0.366 e. The number of nitrogens with one attached hydrogen (secondary N) is 1. The van der Waals surface area contributed by atoms with Crippen molar-refractivity contribution in [2.45, 2.75) is 18.9 Å². The van der Waals surface area contributed by atoms with Gasteiger partial charge in [-0.2, -0.15) is 0 Å². The summed E-state index contributed by atoms with van der Waals surface area (Å²) in [6, 6.07) is 6.52. The molecule has 1 aromatic carbocycles. The molecule has 0 unspecified atom stereocenters. The van der Waals surface area contributed by atoms with Crippen LogP contribution >= 0.6 is 0 Å². The summed E-state index contributed by atoms with van der Waals surface area (Å²) in [5.41, 5.74) is 0.678. The summed E-state index contributed by atoms with van der Waals surface area (Å²) in [4.78, 5) is 12.5. The Balaban J connectivity index is 2.06. The molecule has 0 aromatic heterocycles. The Morgan fingerprint density at radius 3 is 2.45 bits per heavy atom. The van der Waals surface area contributed by atoms with Crippen molar-refractivity contribution in [2.24, 2.45) is 0 Å². The molecule has 110 valence electrons. The second-order valence-corrected chi connectivity index (χ2v) is 6.68. The number of hydrogen-bond acceptors (Lipinski definition) is 5. The van der Waals surface area contributed by atoms with Crippen molar-refractivity contribution in [1.29, 1.82) is 0 Å². The average Bonchev–Trinajstić information content (AvgIpc) is 2.38. The van der Waals surface area contributed by atoms with E-state index in [-0.39, 0.29) is 11.7 Å². The van der Waals surface area contributed by atoms with E-state index in [0.29, 0.717) is 31.6 Å². The van der Waals surface area contributed by atoms with Crippen LogP contribution in [-0.2, 0) is 10.0 Å². The molecule has 2 rings (SSSR count). The minimum absolute atomic E-state index is 0.0852. The monoisotopic (exact) mass is 299 g/mol. The first-order valence-corrected chi connectivity index (χ1v) is 8.21. The highest BCUT2D eigenvalue weighted by Gasteiger charge is 2.25. The summed E-state index contributed by atoms with van der Waals surface area (Å²) in [6.07, 6.45) is 2.42. The van der Waals surface area contributed by atoms with Gasteiger partial charge in [0, 0.05) is 25.2 Å². The zero-order valence-corrected chi connectivity index (χ0v) is 12.0. The standard InChI is InChI=1S/C12H17N3O4S/c1-20(18,19)13-10-6-8-14(9-7-10)11-4-2-3-5-12(11)15(16)17/h2-5,10,13H,6-9H2,1H3. The van der Waals surface area contributed by atoms with Crippen molar-refractivity contribution in [2.75, 3.05) is 24.2 Å². The van der Waals surface area contributed by atoms with Crippen LogP contribution in [-0.4, -0.2) is 38.7 Å². The van der Waals surface area contributed by atoms with Gasteiger partial charge in [-0.1, -0.05) is 12.1 Å². The van der Waals surface area contributed by atoms with E-state index in [1.54, 1.807) is 18.2 Å². The highest BCUT2D eigenvalue weighted by molar-refractivity contribution is 7.88. The van der Waals surface area contributed by atoms with Crippen LogP contribution in [0.2, 0.25) is 0 Å². The smallest absolute Gasteiger partial charge is 0.292 e. The lowest BCUT2D eigenvalue weighted by molar-refractivity contribution is -0.384. The third-order valence-corrected chi connectivity index (χ3v) is 4.06. The van der Waals surface area contributed by atoms with Crippen molar-refractivity contribution < 1.29 is 13.3 Å². The number of sulfonamides is 1. The van der Waals surface area contributed by atoms with Gasteiger partial charge in [-0.05, 0) is 18.9 Å². The summed E-state index contributed by atoms with van der Waals surface area (Å²) in [5.74, 6) is 0. The number of piperidine rings is 1. The van der Waals surface area contributed by atoms with Crippen molar-refractivity contribution in [3.63, 3.8) is 0 Å². The number of benzene rings is 1. The van der Waals surface area contributed by atoms with Crippen molar-refractivity contribution in [1.82, 2.24) is 4.72 Å². The maximum absolute atomic E-state index is 11.2. The van der Waals surface area contributed by atoms with Gasteiger partial charge in [0.2, 0.25) is 10.0 Å². The van der Waals surface area contributed by atoms with Crippen LogP contribution in [0.15, 0.2) is 24.3 Å². The Kier molecular flexibility index (Phi) is 4.24. The second-order valence-electron chi connectivity index (χ2n) is 4.90. The quantitative estimate of drug-likeness (QED) is 0.664. The molecule has 0 bridgehead atoms. The number of rotatable bonds is 4. The van der Waals surface area contributed by atoms with Crippen LogP contribution in [0.1, 0.15) is 12.8 Å². The molecular formula is C12H17N3O4S. The Morgan fingerprint density at radius 1 is 1.30 bits per heavy atom. The summed E-state index contributed by atoms with van der Waals surface area (Å²) < 4.78 is 24.9. The summed E-state index contributed by atoms with van der Waals surface area (Å²) >= 11 is 0. The van der Waals surface area contributed by atoms with Crippen LogP contribution in [0.3, 0.4) is 0 Å². The topological polar surface area (TPSA) is 92.6 Å². The Hall–Kier alpha value is -1.67. The molecule has 7 nitrogen and oxygen atoms in total. The summed E-state index contributed by atoms with van der Waals surface area (Å²) in [7, 11) is -3.20. The van der Waals surface area contributed by atoms with E-state index in [1.807, 2.05) is 4.90 Å². The fourth-order valence-electron chi connectivity index (χ4n) is 2.43. The molecule has 0 radical (unpaired) electrons. The molecule has 1 saturated heterocycles. The number of hydrogen-bond donors (Lipinski definition) is 1. The van der Waals surface area contributed by atoms with Crippen molar-refractivity contribution >= 4 is 21.4 Å². The SMILES string of the molecule is CS(=O)(=O)NC1CCN(c2ccccc2[N+](=O)[O-])CC1. The van der Waals surface area contributed by atoms with Gasteiger partial charge >= 0.3 is 0 Å². The lowest BCUT2D eigenvalue weighted by atomic mass is 10.1. The summed E-state index contributed by atoms with van der Waals surface area (Å²) in [6.45, 7) is 1.19. The molecule has 1 heterocycles. The number of nitro groups is 1. The van der Waals surface area contributed by atoms with Crippen LogP contribution in [0.25, 0.3) is 0 Å². The lowest BCUT2D eigenvalue weighted by Crippen LogP contribution is -2.44. The van der Waals surface area contributed by atoms with Gasteiger partial charge in [0.15, 0.2) is 0 Å². The molecule has 1 N–H and O–H groups in total. The normalized spacial score (nSPS) is 17.1. The zero-order valence-electron chi connectivity index (χ0n) is 11.2. The van der Waals surface area contributed by atoms with E-state index in [2.05, 4.69) is 4.72 Å². The first kappa shape index (κ1) is 14.7. The Bertz CT molecular complexity index is 594. The highest BCUT2D eigenvalue weighted by Crippen LogP contribution is 2.29. The molecule has 20 heavy (non-hydrogen) atoms. The molecule has 0 atom stereocenters. The van der Waals surface area contributed by atoms with Gasteiger partial charge in [-0.3, -0.25) is 10.1 Å². The molecule has 1 aliphatic rings. The molecule has 0 spiro atoms. The minimum atomic E-state index is -3.20. The molecule has 8 heteroatoms. The van der Waals surface area contributed by atoms with Gasteiger partial charge in [-0.25, -0.2) is 13.1 Å². The molecule has 0 saturated carbocycles. The predicted molar refractivity (Wildman–Crippen MR) is 76.3 cm³/mol.